The average Bonchev–Trinajstić information content (AvgIpc) is 2.78. The molecule has 0 aliphatic carbocycles. The zero-order chi connectivity index (χ0) is 15.4. The van der Waals surface area contributed by atoms with E-state index in [-0.39, 0.29) is 38.3 Å². The lowest BCUT2D eigenvalue weighted by molar-refractivity contribution is -0.138. The second-order valence-electron chi connectivity index (χ2n) is 5.52. The molecule has 8 heteroatoms. The molecular weight excluding hydrogens is 280 g/mol. The Morgan fingerprint density at radius 1 is 1.05 bits per heavy atom. The Hall–Kier alpha value is -1.38. The molecule has 0 aromatic carbocycles. The fourth-order valence-electron chi connectivity index (χ4n) is 2.65. The maximum absolute atomic E-state index is 12.2. The first-order valence-electron chi connectivity index (χ1n) is 7.20. The van der Waals surface area contributed by atoms with Gasteiger partial charge in [0.2, 0.25) is 0 Å². The van der Waals surface area contributed by atoms with E-state index >= 15 is 0 Å². The number of aliphatic hydroxyl groups excluding tert-OH is 2. The molecule has 0 bridgehead atoms. The number of likely N-dealkylation sites (tertiary alicyclic amines) is 2. The average molecular weight is 302 g/mol. The summed E-state index contributed by atoms with van der Waals surface area (Å²) in [7, 11) is 0. The zero-order valence-electron chi connectivity index (χ0n) is 11.8. The number of carboxylic acid groups (broad SMARTS) is 1. The summed E-state index contributed by atoms with van der Waals surface area (Å²) < 4.78 is 5.47. The van der Waals surface area contributed by atoms with Crippen LogP contribution in [0.3, 0.4) is 0 Å². The maximum Gasteiger partial charge on any atom is 0.320 e. The maximum atomic E-state index is 12.2. The number of rotatable bonds is 4. The predicted octanol–water partition coefficient (Wildman–Crippen LogP) is -0.900. The minimum atomic E-state index is -0.881. The third kappa shape index (κ3) is 4.29. The van der Waals surface area contributed by atoms with E-state index in [1.54, 1.807) is 4.90 Å². The first-order chi connectivity index (χ1) is 9.97. The Bertz CT molecular complexity index is 373. The van der Waals surface area contributed by atoms with Crippen molar-refractivity contribution in [1.82, 2.24) is 9.80 Å². The highest BCUT2D eigenvalue weighted by Crippen LogP contribution is 2.18. The molecule has 2 heterocycles. The van der Waals surface area contributed by atoms with Gasteiger partial charge in [-0.25, -0.2) is 4.79 Å². The molecule has 0 spiro atoms. The van der Waals surface area contributed by atoms with Gasteiger partial charge in [-0.2, -0.15) is 0 Å². The van der Waals surface area contributed by atoms with Gasteiger partial charge in [0.1, 0.15) is 0 Å². The molecule has 2 fully saturated rings. The van der Waals surface area contributed by atoms with Gasteiger partial charge in [-0.05, 0) is 12.8 Å². The van der Waals surface area contributed by atoms with Gasteiger partial charge in [-0.3, -0.25) is 4.79 Å². The van der Waals surface area contributed by atoms with E-state index < -0.39 is 18.2 Å². The van der Waals surface area contributed by atoms with E-state index in [0.717, 1.165) is 0 Å². The number of carbonyl (C=O) groups is 2. The fraction of sp³-hybridized carbons (Fsp3) is 0.846. The molecule has 2 aliphatic rings. The molecule has 2 unspecified atom stereocenters. The van der Waals surface area contributed by atoms with E-state index in [1.807, 2.05) is 0 Å². The molecule has 0 aromatic heterocycles. The summed E-state index contributed by atoms with van der Waals surface area (Å²) in [6, 6.07) is -0.172. The lowest BCUT2D eigenvalue weighted by Gasteiger charge is -2.34. The van der Waals surface area contributed by atoms with E-state index in [2.05, 4.69) is 0 Å². The highest BCUT2D eigenvalue weighted by atomic mass is 16.5. The lowest BCUT2D eigenvalue weighted by Crippen LogP contribution is -2.47. The molecule has 120 valence electrons. The molecule has 2 amide bonds. The zero-order valence-corrected chi connectivity index (χ0v) is 11.8. The molecule has 0 aromatic rings. The normalized spacial score (nSPS) is 27.1. The van der Waals surface area contributed by atoms with Crippen LogP contribution in [0.4, 0.5) is 4.79 Å². The van der Waals surface area contributed by atoms with E-state index in [1.165, 1.54) is 4.90 Å². The first-order valence-corrected chi connectivity index (χ1v) is 7.20. The third-order valence-electron chi connectivity index (χ3n) is 3.91. The van der Waals surface area contributed by atoms with Crippen LogP contribution in [0, 0.1) is 0 Å². The van der Waals surface area contributed by atoms with Crippen molar-refractivity contribution in [3.63, 3.8) is 0 Å². The number of hydrogen-bond acceptors (Lipinski definition) is 5. The Kier molecular flexibility index (Phi) is 5.38. The van der Waals surface area contributed by atoms with Gasteiger partial charge in [0.15, 0.2) is 0 Å². The van der Waals surface area contributed by atoms with E-state index in [4.69, 9.17) is 9.84 Å². The van der Waals surface area contributed by atoms with Crippen molar-refractivity contribution in [2.75, 3.05) is 32.8 Å². The topological polar surface area (TPSA) is 111 Å². The highest BCUT2D eigenvalue weighted by molar-refractivity contribution is 5.75. The lowest BCUT2D eigenvalue weighted by atomic mass is 10.1. The van der Waals surface area contributed by atoms with Gasteiger partial charge in [-0.15, -0.1) is 0 Å². The first kappa shape index (κ1) is 16.0. The van der Waals surface area contributed by atoms with Crippen LogP contribution < -0.4 is 0 Å². The van der Waals surface area contributed by atoms with Gasteiger partial charge in [0, 0.05) is 13.1 Å². The van der Waals surface area contributed by atoms with Crippen molar-refractivity contribution in [2.45, 2.75) is 37.6 Å². The highest BCUT2D eigenvalue weighted by Gasteiger charge is 2.35. The number of carbonyl (C=O) groups excluding carboxylic acids is 1. The van der Waals surface area contributed by atoms with Crippen LogP contribution in [0.15, 0.2) is 0 Å². The number of nitrogens with zero attached hydrogens (tertiary/aromatic N) is 2. The minimum absolute atomic E-state index is 0.0110. The summed E-state index contributed by atoms with van der Waals surface area (Å²) in [6.45, 7) is 1.60. The molecule has 0 radical (unpaired) electrons. The largest absolute Gasteiger partial charge is 0.481 e. The SMILES string of the molecule is O=C(O)CCOC1CCN(C(=O)N2CC(O)C(O)C2)CC1. The van der Waals surface area contributed by atoms with Crippen LogP contribution in [-0.2, 0) is 9.53 Å². The molecule has 2 saturated heterocycles. The van der Waals surface area contributed by atoms with Gasteiger partial charge >= 0.3 is 12.0 Å². The molecule has 2 rings (SSSR count). The Balaban J connectivity index is 1.71. The van der Waals surface area contributed by atoms with Crippen LogP contribution >= 0.6 is 0 Å². The van der Waals surface area contributed by atoms with Crippen molar-refractivity contribution < 1.29 is 29.6 Å². The number of urea groups is 1. The molecule has 21 heavy (non-hydrogen) atoms. The monoisotopic (exact) mass is 302 g/mol. The molecular formula is C13H22N2O6. The second-order valence-corrected chi connectivity index (χ2v) is 5.52. The summed E-state index contributed by atoms with van der Waals surface area (Å²) >= 11 is 0. The number of piperidine rings is 1. The van der Waals surface area contributed by atoms with Crippen LogP contribution in [0.2, 0.25) is 0 Å². The molecule has 8 nitrogen and oxygen atoms in total. The second kappa shape index (κ2) is 7.06. The number of β-amino-alcohol motifs (C(OH)–C–C–N with tert-alkyl or cyclic N) is 2. The van der Waals surface area contributed by atoms with Crippen LogP contribution in [0.5, 0.6) is 0 Å². The smallest absolute Gasteiger partial charge is 0.320 e. The third-order valence-corrected chi connectivity index (χ3v) is 3.91. The number of aliphatic hydroxyl groups is 2. The van der Waals surface area contributed by atoms with Crippen LogP contribution in [-0.4, -0.2) is 88.2 Å². The van der Waals surface area contributed by atoms with Crippen LogP contribution in [0.25, 0.3) is 0 Å². The molecule has 2 atom stereocenters. The number of amides is 2. The minimum Gasteiger partial charge on any atom is -0.481 e. The van der Waals surface area contributed by atoms with Gasteiger partial charge in [-0.1, -0.05) is 0 Å². The summed E-state index contributed by atoms with van der Waals surface area (Å²) in [5.41, 5.74) is 0. The molecule has 3 N–H and O–H groups in total. The van der Waals surface area contributed by atoms with Crippen molar-refractivity contribution in [2.24, 2.45) is 0 Å². The molecule has 0 saturated carbocycles. The Labute approximate surface area is 122 Å². The number of carboxylic acids is 1. The number of hydrogen-bond donors (Lipinski definition) is 3. The quantitative estimate of drug-likeness (QED) is 0.621. The summed E-state index contributed by atoms with van der Waals surface area (Å²) in [6.07, 6.45) is -0.419. The Morgan fingerprint density at radius 2 is 1.62 bits per heavy atom. The number of aliphatic carboxylic acids is 1. The van der Waals surface area contributed by atoms with E-state index in [0.29, 0.717) is 25.9 Å². The van der Waals surface area contributed by atoms with Gasteiger partial charge in [0.05, 0.1) is 44.4 Å². The van der Waals surface area contributed by atoms with Crippen molar-refractivity contribution in [3.05, 3.63) is 0 Å². The summed E-state index contributed by atoms with van der Waals surface area (Å²) in [4.78, 5) is 25.8. The summed E-state index contributed by atoms with van der Waals surface area (Å²) in [5.74, 6) is -0.881. The van der Waals surface area contributed by atoms with Gasteiger partial charge < -0.3 is 29.9 Å². The standard InChI is InChI=1S/C13H22N2O6/c16-10-7-15(8-11(10)17)13(20)14-4-1-9(2-5-14)21-6-3-12(18)19/h9-11,16-17H,1-8H2,(H,18,19). The Morgan fingerprint density at radius 3 is 2.14 bits per heavy atom. The van der Waals surface area contributed by atoms with Crippen LogP contribution in [0.1, 0.15) is 19.3 Å². The predicted molar refractivity (Wildman–Crippen MR) is 71.8 cm³/mol. The van der Waals surface area contributed by atoms with Crippen molar-refractivity contribution in [3.8, 4) is 0 Å². The van der Waals surface area contributed by atoms with Crippen molar-refractivity contribution >= 4 is 12.0 Å². The van der Waals surface area contributed by atoms with E-state index in [9.17, 15) is 19.8 Å². The fourth-order valence-corrected chi connectivity index (χ4v) is 2.65. The molecule has 2 aliphatic heterocycles. The number of ether oxygens (including phenoxy) is 1. The van der Waals surface area contributed by atoms with Crippen molar-refractivity contribution in [1.29, 1.82) is 0 Å². The summed E-state index contributed by atoms with van der Waals surface area (Å²) in [5, 5.41) is 27.5. The van der Waals surface area contributed by atoms with Gasteiger partial charge in [0.25, 0.3) is 0 Å².